The summed E-state index contributed by atoms with van der Waals surface area (Å²) in [5, 5.41) is 0. The van der Waals surface area contributed by atoms with Crippen molar-refractivity contribution >= 4 is 11.8 Å². The number of aryl methyl sites for hydroxylation is 3. The quantitative estimate of drug-likeness (QED) is 0.628. The van der Waals surface area contributed by atoms with Gasteiger partial charge in [-0.3, -0.25) is 9.59 Å². The van der Waals surface area contributed by atoms with E-state index >= 15 is 0 Å². The molecular formula is C17H22O3. The second-order valence-corrected chi connectivity index (χ2v) is 5.92. The lowest BCUT2D eigenvalue weighted by molar-refractivity contribution is -0.165. The van der Waals surface area contributed by atoms with Gasteiger partial charge in [0.1, 0.15) is 11.2 Å². The summed E-state index contributed by atoms with van der Waals surface area (Å²) in [4.78, 5) is 24.3. The summed E-state index contributed by atoms with van der Waals surface area (Å²) >= 11 is 0. The van der Waals surface area contributed by atoms with Gasteiger partial charge in [-0.2, -0.15) is 0 Å². The molecule has 1 aromatic rings. The minimum atomic E-state index is -0.973. The number of benzene rings is 1. The molecule has 0 spiro atoms. The first kappa shape index (κ1) is 14.8. The number of carbonyl (C=O) groups is 2. The highest BCUT2D eigenvalue weighted by molar-refractivity contribution is 6.05. The fourth-order valence-corrected chi connectivity index (χ4v) is 3.70. The molecule has 108 valence electrons. The number of ether oxygens (including phenoxy) is 1. The summed E-state index contributed by atoms with van der Waals surface area (Å²) in [5.41, 5.74) is 3.68. The first-order valence-corrected chi connectivity index (χ1v) is 7.01. The van der Waals surface area contributed by atoms with Crippen molar-refractivity contribution in [3.05, 3.63) is 34.4 Å². The van der Waals surface area contributed by atoms with Crippen LogP contribution in [0.2, 0.25) is 0 Å². The molecule has 0 heterocycles. The van der Waals surface area contributed by atoms with Crippen molar-refractivity contribution in [3.63, 3.8) is 0 Å². The molecule has 2 atom stereocenters. The molecule has 1 saturated carbocycles. The molecule has 1 aromatic carbocycles. The lowest BCUT2D eigenvalue weighted by Crippen LogP contribution is -2.51. The molecule has 2 rings (SSSR count). The topological polar surface area (TPSA) is 43.4 Å². The summed E-state index contributed by atoms with van der Waals surface area (Å²) in [6.45, 7) is 7.66. The Bertz CT molecular complexity index is 551. The molecule has 0 aliphatic heterocycles. The van der Waals surface area contributed by atoms with Gasteiger partial charge in [0.2, 0.25) is 0 Å². The van der Waals surface area contributed by atoms with Crippen LogP contribution >= 0.6 is 0 Å². The molecule has 1 aliphatic rings. The Morgan fingerprint density at radius 1 is 1.20 bits per heavy atom. The van der Waals surface area contributed by atoms with Crippen LogP contribution < -0.4 is 0 Å². The summed E-state index contributed by atoms with van der Waals surface area (Å²) in [5.74, 6) is -0.520. The SMILES string of the molecule is COC(=O)C1(C(C)=O)CCC1c1c(C)cc(C)cc1C. The van der Waals surface area contributed by atoms with Crippen LogP contribution in [-0.2, 0) is 14.3 Å². The minimum Gasteiger partial charge on any atom is -0.468 e. The highest BCUT2D eigenvalue weighted by Crippen LogP contribution is 2.55. The van der Waals surface area contributed by atoms with Gasteiger partial charge in [-0.25, -0.2) is 0 Å². The van der Waals surface area contributed by atoms with Crippen LogP contribution in [0, 0.1) is 26.2 Å². The molecule has 0 aromatic heterocycles. The first-order chi connectivity index (χ1) is 9.34. The number of methoxy groups -OCH3 is 1. The number of rotatable bonds is 3. The van der Waals surface area contributed by atoms with Crippen LogP contribution in [-0.4, -0.2) is 18.9 Å². The van der Waals surface area contributed by atoms with E-state index in [1.807, 2.05) is 0 Å². The number of Topliss-reactive ketones (excluding diaryl/α,β-unsaturated/α-hetero) is 1. The highest BCUT2D eigenvalue weighted by Gasteiger charge is 2.58. The Morgan fingerprint density at radius 2 is 1.75 bits per heavy atom. The van der Waals surface area contributed by atoms with E-state index in [1.165, 1.54) is 19.6 Å². The van der Waals surface area contributed by atoms with Crippen molar-refractivity contribution in [2.75, 3.05) is 7.11 Å². The van der Waals surface area contributed by atoms with Crippen LogP contribution in [0.25, 0.3) is 0 Å². The lowest BCUT2D eigenvalue weighted by atomic mass is 9.54. The Hall–Kier alpha value is -1.64. The lowest BCUT2D eigenvalue weighted by Gasteiger charge is -2.46. The molecule has 20 heavy (non-hydrogen) atoms. The molecule has 2 unspecified atom stereocenters. The maximum atomic E-state index is 12.2. The number of hydrogen-bond acceptors (Lipinski definition) is 3. The maximum absolute atomic E-state index is 12.2. The third-order valence-corrected chi connectivity index (χ3v) is 4.69. The van der Waals surface area contributed by atoms with E-state index in [9.17, 15) is 9.59 Å². The van der Waals surface area contributed by atoms with E-state index in [0.717, 1.165) is 23.1 Å². The van der Waals surface area contributed by atoms with E-state index in [-0.39, 0.29) is 17.7 Å². The average molecular weight is 274 g/mol. The minimum absolute atomic E-state index is 0.0481. The van der Waals surface area contributed by atoms with Crippen molar-refractivity contribution in [1.29, 1.82) is 0 Å². The molecule has 0 N–H and O–H groups in total. The fourth-order valence-electron chi connectivity index (χ4n) is 3.70. The third-order valence-electron chi connectivity index (χ3n) is 4.69. The number of carbonyl (C=O) groups excluding carboxylic acids is 2. The van der Waals surface area contributed by atoms with E-state index in [0.29, 0.717) is 6.42 Å². The van der Waals surface area contributed by atoms with E-state index in [2.05, 4.69) is 32.9 Å². The van der Waals surface area contributed by atoms with Gasteiger partial charge in [0, 0.05) is 5.92 Å². The molecule has 3 nitrogen and oxygen atoms in total. The summed E-state index contributed by atoms with van der Waals surface area (Å²) < 4.78 is 4.91. The van der Waals surface area contributed by atoms with Gasteiger partial charge in [-0.15, -0.1) is 0 Å². The van der Waals surface area contributed by atoms with E-state index < -0.39 is 5.41 Å². The van der Waals surface area contributed by atoms with E-state index in [4.69, 9.17) is 4.74 Å². The van der Waals surface area contributed by atoms with Gasteiger partial charge >= 0.3 is 5.97 Å². The number of hydrogen-bond donors (Lipinski definition) is 0. The normalized spacial score (nSPS) is 24.9. The molecule has 0 bridgehead atoms. The van der Waals surface area contributed by atoms with Gasteiger partial charge in [-0.05, 0) is 57.2 Å². The predicted molar refractivity (Wildman–Crippen MR) is 77.8 cm³/mol. The second-order valence-electron chi connectivity index (χ2n) is 5.92. The van der Waals surface area contributed by atoms with Gasteiger partial charge in [-0.1, -0.05) is 17.7 Å². The largest absolute Gasteiger partial charge is 0.468 e. The Kier molecular flexibility index (Phi) is 3.72. The Labute approximate surface area is 120 Å². The van der Waals surface area contributed by atoms with E-state index in [1.54, 1.807) is 0 Å². The highest BCUT2D eigenvalue weighted by atomic mass is 16.5. The molecule has 3 heteroatoms. The summed E-state index contributed by atoms with van der Waals surface area (Å²) in [6.07, 6.45) is 1.45. The van der Waals surface area contributed by atoms with Gasteiger partial charge in [0.05, 0.1) is 7.11 Å². The van der Waals surface area contributed by atoms with Crippen molar-refractivity contribution in [2.45, 2.75) is 46.5 Å². The Morgan fingerprint density at radius 3 is 2.10 bits per heavy atom. The molecule has 1 aliphatic carbocycles. The van der Waals surface area contributed by atoms with Crippen LogP contribution in [0.1, 0.15) is 47.9 Å². The van der Waals surface area contributed by atoms with Gasteiger partial charge in [0.25, 0.3) is 0 Å². The fraction of sp³-hybridized carbons (Fsp3) is 0.529. The molecule has 0 amide bonds. The Balaban J connectivity index is 2.54. The zero-order chi connectivity index (χ0) is 15.1. The summed E-state index contributed by atoms with van der Waals surface area (Å²) in [6, 6.07) is 4.23. The zero-order valence-corrected chi connectivity index (χ0v) is 12.9. The van der Waals surface area contributed by atoms with Gasteiger partial charge < -0.3 is 4.74 Å². The monoisotopic (exact) mass is 274 g/mol. The number of ketones is 1. The first-order valence-electron chi connectivity index (χ1n) is 7.01. The zero-order valence-electron chi connectivity index (χ0n) is 12.9. The standard InChI is InChI=1S/C17H22O3/c1-10-8-11(2)15(12(3)9-10)14-6-7-17(14,13(4)18)16(19)20-5/h8-9,14H,6-7H2,1-5H3. The number of esters is 1. The molecule has 1 fully saturated rings. The van der Waals surface area contributed by atoms with Crippen molar-refractivity contribution in [1.82, 2.24) is 0 Å². The second kappa shape index (κ2) is 5.04. The molecular weight excluding hydrogens is 252 g/mol. The van der Waals surface area contributed by atoms with Crippen LogP contribution in [0.4, 0.5) is 0 Å². The van der Waals surface area contributed by atoms with Crippen molar-refractivity contribution in [3.8, 4) is 0 Å². The van der Waals surface area contributed by atoms with Crippen molar-refractivity contribution in [2.24, 2.45) is 5.41 Å². The van der Waals surface area contributed by atoms with Crippen molar-refractivity contribution < 1.29 is 14.3 Å². The molecule has 0 saturated heterocycles. The summed E-state index contributed by atoms with van der Waals surface area (Å²) in [7, 11) is 1.36. The average Bonchev–Trinajstić information content (AvgIpc) is 2.31. The van der Waals surface area contributed by atoms with Crippen LogP contribution in [0.15, 0.2) is 12.1 Å². The molecule has 0 radical (unpaired) electrons. The third kappa shape index (κ3) is 1.96. The van der Waals surface area contributed by atoms with Gasteiger partial charge in [0.15, 0.2) is 0 Å². The van der Waals surface area contributed by atoms with Crippen LogP contribution in [0.5, 0.6) is 0 Å². The smallest absolute Gasteiger partial charge is 0.319 e. The predicted octanol–water partition coefficient (Wildman–Crippen LogP) is 3.24. The maximum Gasteiger partial charge on any atom is 0.319 e. The van der Waals surface area contributed by atoms with Crippen LogP contribution in [0.3, 0.4) is 0 Å².